The minimum Gasteiger partial charge on any atom is -0.480 e. The smallest absolute Gasteiger partial charge is 0.406 e. The van der Waals surface area contributed by atoms with Gasteiger partial charge in [-0.05, 0) is 46.9 Å². The van der Waals surface area contributed by atoms with E-state index in [1.807, 2.05) is 34.1 Å². The average Bonchev–Trinajstić information content (AvgIpc) is 2.89. The third-order valence-corrected chi connectivity index (χ3v) is 7.29. The van der Waals surface area contributed by atoms with Crippen molar-refractivity contribution in [3.8, 4) is 11.1 Å². The van der Waals surface area contributed by atoms with Crippen molar-refractivity contribution in [1.82, 2.24) is 14.8 Å². The van der Waals surface area contributed by atoms with Crippen LogP contribution >= 0.6 is 0 Å². The van der Waals surface area contributed by atoms with Gasteiger partial charge in [-0.3, -0.25) is 19.6 Å². The van der Waals surface area contributed by atoms with Crippen molar-refractivity contribution in [2.24, 2.45) is 0 Å². The van der Waals surface area contributed by atoms with Crippen LogP contribution in [0.2, 0.25) is 0 Å². The first-order valence-electron chi connectivity index (χ1n) is 12.2. The number of carbonyl (C=O) groups is 1. The van der Waals surface area contributed by atoms with Crippen molar-refractivity contribution in [3.63, 3.8) is 0 Å². The van der Waals surface area contributed by atoms with E-state index in [4.69, 9.17) is 0 Å². The van der Waals surface area contributed by atoms with Gasteiger partial charge in [0.15, 0.2) is 5.41 Å². The number of piperazine rings is 1. The molecule has 1 atom stereocenters. The van der Waals surface area contributed by atoms with Crippen molar-refractivity contribution in [2.45, 2.75) is 43.8 Å². The highest BCUT2D eigenvalue weighted by molar-refractivity contribution is 5.74. The van der Waals surface area contributed by atoms with Crippen LogP contribution in [-0.2, 0) is 23.3 Å². The number of rotatable bonds is 7. The fourth-order valence-electron chi connectivity index (χ4n) is 4.71. The Hall–Kier alpha value is -3.44. The zero-order valence-corrected chi connectivity index (χ0v) is 21.0. The molecule has 1 aromatic heterocycles. The lowest BCUT2D eigenvalue weighted by molar-refractivity contribution is -0.297. The molecule has 0 spiro atoms. The molecule has 11 heteroatoms. The van der Waals surface area contributed by atoms with Gasteiger partial charge in [0, 0.05) is 45.1 Å². The molecule has 1 aliphatic heterocycles. The average molecular weight is 552 g/mol. The Morgan fingerprint density at radius 2 is 1.33 bits per heavy atom. The number of alkyl halides is 6. The minimum atomic E-state index is -5.50. The van der Waals surface area contributed by atoms with Crippen molar-refractivity contribution < 1.29 is 36.2 Å². The molecule has 2 aromatic carbocycles. The van der Waals surface area contributed by atoms with Gasteiger partial charge in [-0.2, -0.15) is 26.3 Å². The summed E-state index contributed by atoms with van der Waals surface area (Å²) in [6, 6.07) is 14.4. The first-order valence-corrected chi connectivity index (χ1v) is 12.2. The summed E-state index contributed by atoms with van der Waals surface area (Å²) < 4.78 is 80.2. The molecule has 1 fully saturated rings. The molecule has 1 N–H and O–H groups in total. The van der Waals surface area contributed by atoms with E-state index >= 15 is 0 Å². The molecule has 0 unspecified atom stereocenters. The van der Waals surface area contributed by atoms with Crippen molar-refractivity contribution >= 4 is 5.97 Å². The number of aliphatic carboxylic acids is 1. The predicted octanol–water partition coefficient (Wildman–Crippen LogP) is 5.90. The van der Waals surface area contributed by atoms with Crippen molar-refractivity contribution in [3.05, 3.63) is 89.7 Å². The van der Waals surface area contributed by atoms with Gasteiger partial charge in [0.25, 0.3) is 0 Å². The van der Waals surface area contributed by atoms with E-state index in [0.29, 0.717) is 43.9 Å². The molecule has 0 bridgehead atoms. The molecule has 0 amide bonds. The summed E-state index contributed by atoms with van der Waals surface area (Å²) in [6.07, 6.45) is -7.67. The van der Waals surface area contributed by atoms with Gasteiger partial charge in [0.1, 0.15) is 6.04 Å². The minimum absolute atomic E-state index is 0.144. The largest absolute Gasteiger partial charge is 0.480 e. The zero-order valence-electron chi connectivity index (χ0n) is 21.0. The first kappa shape index (κ1) is 28.6. The molecule has 0 saturated carbocycles. The van der Waals surface area contributed by atoms with E-state index < -0.39 is 35.3 Å². The van der Waals surface area contributed by atoms with Crippen molar-refractivity contribution in [2.75, 3.05) is 19.6 Å². The Morgan fingerprint density at radius 1 is 0.821 bits per heavy atom. The van der Waals surface area contributed by atoms with E-state index in [1.54, 1.807) is 24.5 Å². The van der Waals surface area contributed by atoms with Crippen LogP contribution in [0.15, 0.2) is 73.1 Å². The first-order chi connectivity index (χ1) is 18.3. The summed E-state index contributed by atoms with van der Waals surface area (Å²) in [5, 5.41) is 9.79. The lowest BCUT2D eigenvalue weighted by Crippen LogP contribution is -2.55. The molecular weight excluding hydrogens is 524 g/mol. The zero-order chi connectivity index (χ0) is 28.4. The number of halogens is 6. The van der Waals surface area contributed by atoms with Crippen LogP contribution in [-0.4, -0.2) is 63.9 Å². The van der Waals surface area contributed by atoms with Crippen LogP contribution in [0.5, 0.6) is 0 Å². The van der Waals surface area contributed by atoms with Gasteiger partial charge in [-0.15, -0.1) is 0 Å². The third-order valence-electron chi connectivity index (χ3n) is 7.29. The second kappa shape index (κ2) is 11.0. The van der Waals surface area contributed by atoms with Gasteiger partial charge < -0.3 is 5.11 Å². The Kier molecular flexibility index (Phi) is 8.04. The van der Waals surface area contributed by atoms with Gasteiger partial charge in [0.05, 0.1) is 0 Å². The number of carboxylic acids is 1. The Labute approximate surface area is 221 Å². The highest BCUT2D eigenvalue weighted by Crippen LogP contribution is 2.51. The van der Waals surface area contributed by atoms with E-state index in [1.165, 1.54) is 12.1 Å². The summed E-state index contributed by atoms with van der Waals surface area (Å²) in [5.74, 6) is -0.903. The maximum atomic E-state index is 13.4. The van der Waals surface area contributed by atoms with Crippen LogP contribution in [0.3, 0.4) is 0 Å². The van der Waals surface area contributed by atoms with E-state index in [0.717, 1.165) is 23.3 Å². The third kappa shape index (κ3) is 6.09. The quantitative estimate of drug-likeness (QED) is 0.371. The van der Waals surface area contributed by atoms with Crippen molar-refractivity contribution in [1.29, 1.82) is 0 Å². The molecule has 0 radical (unpaired) electrons. The van der Waals surface area contributed by atoms with Crippen LogP contribution in [0, 0.1) is 0 Å². The predicted molar refractivity (Wildman–Crippen MR) is 133 cm³/mol. The van der Waals surface area contributed by atoms with Crippen LogP contribution < -0.4 is 0 Å². The molecule has 1 aliphatic rings. The summed E-state index contributed by atoms with van der Waals surface area (Å²) in [6.45, 7) is 2.72. The Bertz CT molecular complexity index is 1250. The van der Waals surface area contributed by atoms with Gasteiger partial charge in [-0.1, -0.05) is 48.5 Å². The molecule has 39 heavy (non-hydrogen) atoms. The summed E-state index contributed by atoms with van der Waals surface area (Å²) in [5.41, 5.74) is -1.85. The lowest BCUT2D eigenvalue weighted by Gasteiger charge is -2.39. The fraction of sp³-hybridized carbons (Fsp3) is 0.357. The second-order valence-corrected chi connectivity index (χ2v) is 9.81. The number of aromatic nitrogens is 1. The summed E-state index contributed by atoms with van der Waals surface area (Å²) >= 11 is 0. The Morgan fingerprint density at radius 3 is 1.85 bits per heavy atom. The highest BCUT2D eigenvalue weighted by Gasteiger charge is 2.68. The number of nitrogens with zero attached hydrogens (tertiary/aromatic N) is 3. The van der Waals surface area contributed by atoms with Gasteiger partial charge >= 0.3 is 18.3 Å². The maximum Gasteiger partial charge on any atom is 0.406 e. The van der Waals surface area contributed by atoms with E-state index in [2.05, 4.69) is 4.98 Å². The van der Waals surface area contributed by atoms with Gasteiger partial charge in [-0.25, -0.2) is 0 Å². The molecule has 208 valence electrons. The van der Waals surface area contributed by atoms with Crippen LogP contribution in [0.25, 0.3) is 11.1 Å². The number of hydrogen-bond donors (Lipinski definition) is 1. The highest BCUT2D eigenvalue weighted by atomic mass is 19.4. The Balaban J connectivity index is 1.42. The van der Waals surface area contributed by atoms with Crippen LogP contribution in [0.4, 0.5) is 26.3 Å². The van der Waals surface area contributed by atoms with Gasteiger partial charge in [0.2, 0.25) is 0 Å². The van der Waals surface area contributed by atoms with E-state index in [-0.39, 0.29) is 6.92 Å². The topological polar surface area (TPSA) is 56.7 Å². The molecule has 0 aliphatic carbocycles. The second-order valence-electron chi connectivity index (χ2n) is 9.81. The number of pyridine rings is 1. The monoisotopic (exact) mass is 551 g/mol. The molecule has 4 rings (SSSR count). The number of hydrogen-bond acceptors (Lipinski definition) is 4. The maximum absolute atomic E-state index is 13.4. The molecule has 3 aromatic rings. The lowest BCUT2D eigenvalue weighted by atomic mass is 9.80. The normalized spacial score (nSPS) is 17.8. The SMILES string of the molecule is CC(c1ccc(-c2ccc(CN3CCN(Cc4ccncc4)[C@@H](C(=O)O)C3)cc2)cc1)(C(F)(F)F)C(F)(F)F. The number of benzene rings is 2. The summed E-state index contributed by atoms with van der Waals surface area (Å²) in [7, 11) is 0. The molecular formula is C28H27F6N3O2. The number of carboxylic acid groups (broad SMARTS) is 1. The molecule has 1 saturated heterocycles. The fourth-order valence-corrected chi connectivity index (χ4v) is 4.71. The standard InChI is InChI=1S/C28H27F6N3O2/c1-26(27(29,30)31,28(32,33)34)23-8-6-22(7-9-23)21-4-2-19(3-5-21)16-36-14-15-37(24(18-36)25(38)39)17-20-10-12-35-13-11-20/h2-13,24H,14-18H2,1H3,(H,38,39)/t24-/m1/s1. The molecule has 5 nitrogen and oxygen atoms in total. The summed E-state index contributed by atoms with van der Waals surface area (Å²) in [4.78, 5) is 19.9. The van der Waals surface area contributed by atoms with Crippen LogP contribution in [0.1, 0.15) is 23.6 Å². The van der Waals surface area contributed by atoms with E-state index in [9.17, 15) is 36.2 Å². The molecule has 2 heterocycles.